The Morgan fingerprint density at radius 2 is 1.68 bits per heavy atom. The molecule has 116 valence electrons. The largest absolute Gasteiger partial charge is 0.457 e. The van der Waals surface area contributed by atoms with Crippen LogP contribution >= 0.6 is 0 Å². The molecule has 2 aromatic carbocycles. The summed E-state index contributed by atoms with van der Waals surface area (Å²) < 4.78 is 5.67. The molecule has 0 radical (unpaired) electrons. The third kappa shape index (κ3) is 4.07. The maximum Gasteiger partial charge on any atom is 0.251 e. The number of hydrogen-bond acceptors (Lipinski definition) is 4. The van der Waals surface area contributed by atoms with Gasteiger partial charge in [0.25, 0.3) is 5.91 Å². The molecule has 0 saturated heterocycles. The summed E-state index contributed by atoms with van der Waals surface area (Å²) >= 11 is 0. The summed E-state index contributed by atoms with van der Waals surface area (Å²) in [5, 5.41) is 21.1. The number of para-hydroxylation sites is 1. The van der Waals surface area contributed by atoms with Gasteiger partial charge in [0.05, 0.1) is 18.8 Å². The third-order valence-corrected chi connectivity index (χ3v) is 3.19. The Balaban J connectivity index is 2.13. The van der Waals surface area contributed by atoms with Gasteiger partial charge in [0.15, 0.2) is 0 Å². The van der Waals surface area contributed by atoms with Gasteiger partial charge in [-0.1, -0.05) is 24.3 Å². The Labute approximate surface area is 129 Å². The van der Waals surface area contributed by atoms with Crippen LogP contribution in [0.1, 0.15) is 17.3 Å². The topological polar surface area (TPSA) is 78.8 Å². The fraction of sp³-hybridized carbons (Fsp3) is 0.235. The van der Waals surface area contributed by atoms with Crippen molar-refractivity contribution in [1.29, 1.82) is 0 Å². The molecule has 0 spiro atoms. The fourth-order valence-electron chi connectivity index (χ4n) is 1.80. The van der Waals surface area contributed by atoms with E-state index in [1.807, 2.05) is 30.3 Å². The smallest absolute Gasteiger partial charge is 0.251 e. The molecule has 5 heteroatoms. The molecule has 0 heterocycles. The molecule has 0 aliphatic carbocycles. The van der Waals surface area contributed by atoms with Crippen LogP contribution in [0.5, 0.6) is 11.5 Å². The second kappa shape index (κ2) is 7.06. The summed E-state index contributed by atoms with van der Waals surface area (Å²) in [6, 6.07) is 16.0. The summed E-state index contributed by atoms with van der Waals surface area (Å²) in [5.74, 6) is 0.827. The second-order valence-corrected chi connectivity index (χ2v) is 5.27. The molecular weight excluding hydrogens is 282 g/mol. The SMILES string of the molecule is CC(CO)(CO)NC(=O)c1cccc(Oc2ccccc2)c1. The number of carbonyl (C=O) groups is 1. The van der Waals surface area contributed by atoms with Crippen molar-refractivity contribution >= 4 is 5.91 Å². The van der Waals surface area contributed by atoms with Crippen LogP contribution in [0.2, 0.25) is 0 Å². The van der Waals surface area contributed by atoms with E-state index in [1.54, 1.807) is 31.2 Å². The monoisotopic (exact) mass is 301 g/mol. The summed E-state index contributed by atoms with van der Waals surface area (Å²) in [6.45, 7) is 0.861. The number of benzene rings is 2. The van der Waals surface area contributed by atoms with Crippen molar-refractivity contribution in [1.82, 2.24) is 5.32 Å². The molecule has 0 atom stereocenters. The number of ether oxygens (including phenoxy) is 1. The molecule has 0 unspecified atom stereocenters. The van der Waals surface area contributed by atoms with Gasteiger partial charge in [-0.05, 0) is 37.3 Å². The van der Waals surface area contributed by atoms with Gasteiger partial charge in [0.2, 0.25) is 0 Å². The molecule has 0 aromatic heterocycles. The van der Waals surface area contributed by atoms with Crippen LogP contribution in [0.4, 0.5) is 0 Å². The van der Waals surface area contributed by atoms with Crippen molar-refractivity contribution in [3.63, 3.8) is 0 Å². The van der Waals surface area contributed by atoms with Gasteiger partial charge in [0.1, 0.15) is 11.5 Å². The first-order chi connectivity index (χ1) is 10.6. The van der Waals surface area contributed by atoms with Gasteiger partial charge in [-0.25, -0.2) is 0 Å². The van der Waals surface area contributed by atoms with Crippen LogP contribution in [0.15, 0.2) is 54.6 Å². The molecule has 22 heavy (non-hydrogen) atoms. The quantitative estimate of drug-likeness (QED) is 0.762. The van der Waals surface area contributed by atoms with E-state index >= 15 is 0 Å². The van der Waals surface area contributed by atoms with E-state index in [-0.39, 0.29) is 19.1 Å². The van der Waals surface area contributed by atoms with Gasteiger partial charge in [0, 0.05) is 5.56 Å². The van der Waals surface area contributed by atoms with Crippen molar-refractivity contribution in [3.05, 3.63) is 60.2 Å². The van der Waals surface area contributed by atoms with Crippen LogP contribution in [0, 0.1) is 0 Å². The average Bonchev–Trinajstić information content (AvgIpc) is 2.56. The Bertz CT molecular complexity index is 624. The van der Waals surface area contributed by atoms with Gasteiger partial charge in [-0.2, -0.15) is 0 Å². The maximum atomic E-state index is 12.2. The highest BCUT2D eigenvalue weighted by Crippen LogP contribution is 2.22. The number of rotatable bonds is 6. The summed E-state index contributed by atoms with van der Waals surface area (Å²) in [4.78, 5) is 12.2. The zero-order chi connectivity index (χ0) is 16.0. The minimum Gasteiger partial charge on any atom is -0.457 e. The van der Waals surface area contributed by atoms with Crippen molar-refractivity contribution in [3.8, 4) is 11.5 Å². The number of aliphatic hydroxyl groups excluding tert-OH is 2. The van der Waals surface area contributed by atoms with E-state index < -0.39 is 5.54 Å². The first kappa shape index (κ1) is 16.0. The molecule has 0 aliphatic heterocycles. The van der Waals surface area contributed by atoms with Crippen molar-refractivity contribution in [2.45, 2.75) is 12.5 Å². The van der Waals surface area contributed by atoms with Gasteiger partial charge in [-0.15, -0.1) is 0 Å². The lowest BCUT2D eigenvalue weighted by Crippen LogP contribution is -2.51. The molecule has 2 aromatic rings. The zero-order valence-electron chi connectivity index (χ0n) is 12.3. The van der Waals surface area contributed by atoms with Crippen LogP contribution in [0.25, 0.3) is 0 Å². The molecule has 3 N–H and O–H groups in total. The normalized spacial score (nSPS) is 11.0. The zero-order valence-corrected chi connectivity index (χ0v) is 12.3. The number of carbonyl (C=O) groups excluding carboxylic acids is 1. The van der Waals surface area contributed by atoms with E-state index in [9.17, 15) is 15.0 Å². The van der Waals surface area contributed by atoms with Crippen LogP contribution < -0.4 is 10.1 Å². The maximum absolute atomic E-state index is 12.2. The first-order valence-electron chi connectivity index (χ1n) is 6.93. The van der Waals surface area contributed by atoms with E-state index in [2.05, 4.69) is 5.32 Å². The first-order valence-corrected chi connectivity index (χ1v) is 6.93. The summed E-state index contributed by atoms with van der Waals surface area (Å²) in [5.41, 5.74) is -0.672. The number of nitrogens with one attached hydrogen (secondary N) is 1. The molecule has 5 nitrogen and oxygen atoms in total. The van der Waals surface area contributed by atoms with E-state index in [4.69, 9.17) is 4.74 Å². The summed E-state index contributed by atoms with van der Waals surface area (Å²) in [7, 11) is 0. The highest BCUT2D eigenvalue weighted by molar-refractivity contribution is 5.95. The van der Waals surface area contributed by atoms with Crippen LogP contribution in [0.3, 0.4) is 0 Å². The fourth-order valence-corrected chi connectivity index (χ4v) is 1.80. The van der Waals surface area contributed by atoms with E-state index in [1.165, 1.54) is 0 Å². The van der Waals surface area contributed by atoms with E-state index in [0.717, 1.165) is 0 Å². The van der Waals surface area contributed by atoms with Crippen molar-refractivity contribution in [2.24, 2.45) is 0 Å². The lowest BCUT2D eigenvalue weighted by atomic mass is 10.0. The van der Waals surface area contributed by atoms with E-state index in [0.29, 0.717) is 17.1 Å². The lowest BCUT2D eigenvalue weighted by Gasteiger charge is -2.26. The molecule has 0 fully saturated rings. The standard InChI is InChI=1S/C17H19NO4/c1-17(11-19,12-20)18-16(21)13-6-5-9-15(10-13)22-14-7-3-2-4-8-14/h2-10,19-20H,11-12H2,1H3,(H,18,21). The predicted molar refractivity (Wildman–Crippen MR) is 83.0 cm³/mol. The predicted octanol–water partition coefficient (Wildman–Crippen LogP) is 1.95. The molecule has 0 saturated carbocycles. The molecule has 1 amide bonds. The van der Waals surface area contributed by atoms with Gasteiger partial charge < -0.3 is 20.3 Å². The average molecular weight is 301 g/mol. The van der Waals surface area contributed by atoms with Gasteiger partial charge >= 0.3 is 0 Å². The third-order valence-electron chi connectivity index (χ3n) is 3.19. The molecule has 2 rings (SSSR count). The molecule has 0 aliphatic rings. The number of amides is 1. The number of aliphatic hydroxyl groups is 2. The van der Waals surface area contributed by atoms with Crippen LogP contribution in [-0.2, 0) is 0 Å². The Morgan fingerprint density at radius 1 is 1.05 bits per heavy atom. The van der Waals surface area contributed by atoms with Crippen LogP contribution in [-0.4, -0.2) is 34.9 Å². The Hall–Kier alpha value is -2.37. The minimum absolute atomic E-state index is 0.352. The highest BCUT2D eigenvalue weighted by atomic mass is 16.5. The second-order valence-electron chi connectivity index (χ2n) is 5.27. The lowest BCUT2D eigenvalue weighted by molar-refractivity contribution is 0.0723. The number of hydrogen-bond donors (Lipinski definition) is 3. The molecular formula is C17H19NO4. The van der Waals surface area contributed by atoms with Crippen molar-refractivity contribution in [2.75, 3.05) is 13.2 Å². The van der Waals surface area contributed by atoms with Crippen molar-refractivity contribution < 1.29 is 19.7 Å². The molecule has 0 bridgehead atoms. The highest BCUT2D eigenvalue weighted by Gasteiger charge is 2.25. The van der Waals surface area contributed by atoms with Gasteiger partial charge in [-0.3, -0.25) is 4.79 Å². The Morgan fingerprint density at radius 3 is 2.32 bits per heavy atom. The summed E-state index contributed by atoms with van der Waals surface area (Å²) in [6.07, 6.45) is 0. The Kier molecular flexibility index (Phi) is 5.14. The minimum atomic E-state index is -1.06.